The van der Waals surface area contributed by atoms with Crippen LogP contribution in [0.5, 0.6) is 11.6 Å². The highest BCUT2D eigenvalue weighted by Gasteiger charge is 2.18. The van der Waals surface area contributed by atoms with E-state index in [1.54, 1.807) is 17.7 Å². The fourth-order valence-corrected chi connectivity index (χ4v) is 2.64. The molecular formula is C18H17FN2O3. The Kier molecular flexibility index (Phi) is 4.12. The van der Waals surface area contributed by atoms with Crippen LogP contribution in [0.3, 0.4) is 0 Å². The molecule has 0 bridgehead atoms. The van der Waals surface area contributed by atoms with E-state index < -0.39 is 11.7 Å². The van der Waals surface area contributed by atoms with Gasteiger partial charge in [-0.1, -0.05) is 12.1 Å². The molecule has 1 heterocycles. The molecule has 0 spiro atoms. The lowest BCUT2D eigenvalue weighted by Crippen LogP contribution is -2.19. The van der Waals surface area contributed by atoms with Crippen molar-refractivity contribution in [1.29, 1.82) is 0 Å². The number of nitrogens with one attached hydrogen (secondary N) is 1. The minimum atomic E-state index is -0.643. The smallest absolute Gasteiger partial charge is 0.254 e. The second-order valence-electron chi connectivity index (χ2n) is 5.40. The number of carbonyl (C=O) groups excluding carboxylic acids is 1. The van der Waals surface area contributed by atoms with E-state index in [0.29, 0.717) is 11.9 Å². The second kappa shape index (κ2) is 6.23. The molecular weight excluding hydrogens is 311 g/mol. The number of ether oxygens (including phenoxy) is 1. The van der Waals surface area contributed by atoms with E-state index in [1.165, 1.54) is 19.3 Å². The van der Waals surface area contributed by atoms with Crippen molar-refractivity contribution in [1.82, 2.24) is 9.88 Å². The van der Waals surface area contributed by atoms with Gasteiger partial charge in [-0.05, 0) is 29.8 Å². The number of aromatic nitrogens is 1. The van der Waals surface area contributed by atoms with E-state index >= 15 is 0 Å². The van der Waals surface area contributed by atoms with Crippen LogP contribution in [0.25, 0.3) is 10.8 Å². The molecule has 0 fully saturated rings. The molecule has 6 heteroatoms. The zero-order valence-electron chi connectivity index (χ0n) is 13.3. The van der Waals surface area contributed by atoms with Crippen LogP contribution in [0.15, 0.2) is 42.6 Å². The van der Waals surface area contributed by atoms with Crippen molar-refractivity contribution in [2.24, 2.45) is 0 Å². The van der Waals surface area contributed by atoms with Gasteiger partial charge in [-0.25, -0.2) is 4.39 Å². The fourth-order valence-electron chi connectivity index (χ4n) is 2.64. The predicted molar refractivity (Wildman–Crippen MR) is 89.0 cm³/mol. The standard InChI is InChI=1S/C18H17FN2O3/c1-20-17(22)14-8-7-13-15(16(14)19)10-21(18(13)23)9-11-3-5-12(24-2)6-4-11/h3-8,10,23H,9H2,1-2H3,(H,20,22). The van der Waals surface area contributed by atoms with Crippen molar-refractivity contribution < 1.29 is 19.0 Å². The van der Waals surface area contributed by atoms with Crippen LogP contribution in [0.4, 0.5) is 4.39 Å². The summed E-state index contributed by atoms with van der Waals surface area (Å²) in [5.74, 6) is -0.447. The molecule has 3 rings (SSSR count). The Labute approximate surface area is 138 Å². The van der Waals surface area contributed by atoms with Gasteiger partial charge in [0.05, 0.1) is 19.2 Å². The molecule has 124 valence electrons. The van der Waals surface area contributed by atoms with Crippen molar-refractivity contribution in [3.63, 3.8) is 0 Å². The summed E-state index contributed by atoms with van der Waals surface area (Å²) in [5, 5.41) is 13.3. The first-order valence-electron chi connectivity index (χ1n) is 7.40. The molecule has 0 unspecified atom stereocenters. The van der Waals surface area contributed by atoms with Crippen LogP contribution in [0.1, 0.15) is 15.9 Å². The molecule has 2 aromatic carbocycles. The van der Waals surface area contributed by atoms with E-state index in [-0.39, 0.29) is 16.8 Å². The first kappa shape index (κ1) is 15.9. The minimum absolute atomic E-state index is 0.0387. The number of benzene rings is 2. The molecule has 0 aliphatic rings. The Morgan fingerprint density at radius 1 is 1.21 bits per heavy atom. The maximum atomic E-state index is 14.5. The molecule has 0 aliphatic carbocycles. The number of fused-ring (bicyclic) bond motifs is 1. The lowest BCUT2D eigenvalue weighted by molar-refractivity contribution is 0.0959. The highest BCUT2D eigenvalue weighted by molar-refractivity contribution is 6.00. The van der Waals surface area contributed by atoms with E-state index in [9.17, 15) is 14.3 Å². The van der Waals surface area contributed by atoms with Crippen LogP contribution in [0, 0.1) is 5.82 Å². The normalized spacial score (nSPS) is 10.8. The topological polar surface area (TPSA) is 63.5 Å². The van der Waals surface area contributed by atoms with Crippen LogP contribution < -0.4 is 10.1 Å². The predicted octanol–water partition coefficient (Wildman–Crippen LogP) is 2.90. The molecule has 0 saturated heterocycles. The maximum absolute atomic E-state index is 14.5. The number of nitrogens with zero attached hydrogens (tertiary/aromatic N) is 1. The minimum Gasteiger partial charge on any atom is -0.497 e. The van der Waals surface area contributed by atoms with Gasteiger partial charge in [0.2, 0.25) is 0 Å². The average Bonchev–Trinajstić information content (AvgIpc) is 2.92. The Hall–Kier alpha value is -3.02. The van der Waals surface area contributed by atoms with Crippen LogP contribution in [-0.4, -0.2) is 29.7 Å². The molecule has 0 saturated carbocycles. The number of aromatic hydroxyl groups is 1. The number of carbonyl (C=O) groups is 1. The van der Waals surface area contributed by atoms with E-state index in [4.69, 9.17) is 4.74 Å². The molecule has 24 heavy (non-hydrogen) atoms. The SMILES string of the molecule is CNC(=O)c1ccc2c(O)n(Cc3ccc(OC)cc3)cc2c1F. The number of halogens is 1. The summed E-state index contributed by atoms with van der Waals surface area (Å²) in [6.07, 6.45) is 1.51. The van der Waals surface area contributed by atoms with Crippen molar-refractivity contribution >= 4 is 16.7 Å². The van der Waals surface area contributed by atoms with Gasteiger partial charge in [0.1, 0.15) is 11.6 Å². The number of amides is 1. The molecule has 2 N–H and O–H groups in total. The van der Waals surface area contributed by atoms with Gasteiger partial charge in [0.25, 0.3) is 5.91 Å². The summed E-state index contributed by atoms with van der Waals surface area (Å²) >= 11 is 0. The number of hydrogen-bond acceptors (Lipinski definition) is 3. The van der Waals surface area contributed by atoms with Gasteiger partial charge in [-0.3, -0.25) is 4.79 Å². The Bertz CT molecular complexity index is 901. The van der Waals surface area contributed by atoms with Gasteiger partial charge >= 0.3 is 0 Å². The highest BCUT2D eigenvalue weighted by atomic mass is 19.1. The lowest BCUT2D eigenvalue weighted by atomic mass is 10.1. The second-order valence-corrected chi connectivity index (χ2v) is 5.40. The lowest BCUT2D eigenvalue weighted by Gasteiger charge is -2.06. The third-order valence-corrected chi connectivity index (χ3v) is 3.96. The number of methoxy groups -OCH3 is 1. The molecule has 1 amide bonds. The molecule has 0 atom stereocenters. The maximum Gasteiger partial charge on any atom is 0.254 e. The van der Waals surface area contributed by atoms with Crippen molar-refractivity contribution in [2.75, 3.05) is 14.2 Å². The molecule has 3 aromatic rings. The molecule has 1 aromatic heterocycles. The zero-order chi connectivity index (χ0) is 17.3. The summed E-state index contributed by atoms with van der Waals surface area (Å²) in [6, 6.07) is 10.3. The third-order valence-electron chi connectivity index (χ3n) is 3.96. The first-order chi connectivity index (χ1) is 11.5. The van der Waals surface area contributed by atoms with Gasteiger partial charge in [0, 0.05) is 24.0 Å². The molecule has 5 nitrogen and oxygen atoms in total. The number of rotatable bonds is 4. The summed E-state index contributed by atoms with van der Waals surface area (Å²) in [4.78, 5) is 11.7. The Balaban J connectivity index is 2.01. The van der Waals surface area contributed by atoms with E-state index in [2.05, 4.69) is 5.32 Å². The van der Waals surface area contributed by atoms with Gasteiger partial charge in [0.15, 0.2) is 5.88 Å². The van der Waals surface area contributed by atoms with Crippen LogP contribution in [0.2, 0.25) is 0 Å². The van der Waals surface area contributed by atoms with Crippen LogP contribution in [-0.2, 0) is 6.54 Å². The largest absolute Gasteiger partial charge is 0.497 e. The molecule has 0 aliphatic heterocycles. The van der Waals surface area contributed by atoms with Gasteiger partial charge < -0.3 is 19.7 Å². The number of hydrogen-bond donors (Lipinski definition) is 2. The fraction of sp³-hybridized carbons (Fsp3) is 0.167. The Morgan fingerprint density at radius 2 is 1.92 bits per heavy atom. The van der Waals surface area contributed by atoms with Gasteiger partial charge in [-0.2, -0.15) is 0 Å². The zero-order valence-corrected chi connectivity index (χ0v) is 13.3. The van der Waals surface area contributed by atoms with E-state index in [1.807, 2.05) is 24.3 Å². The van der Waals surface area contributed by atoms with E-state index in [0.717, 1.165) is 11.3 Å². The van der Waals surface area contributed by atoms with Crippen molar-refractivity contribution in [2.45, 2.75) is 6.54 Å². The highest BCUT2D eigenvalue weighted by Crippen LogP contribution is 2.31. The summed E-state index contributed by atoms with van der Waals surface area (Å²) in [7, 11) is 3.03. The summed E-state index contributed by atoms with van der Waals surface area (Å²) < 4.78 is 21.2. The van der Waals surface area contributed by atoms with Crippen molar-refractivity contribution in [3.05, 3.63) is 59.5 Å². The van der Waals surface area contributed by atoms with Gasteiger partial charge in [-0.15, -0.1) is 0 Å². The Morgan fingerprint density at radius 3 is 2.54 bits per heavy atom. The average molecular weight is 328 g/mol. The third kappa shape index (κ3) is 2.67. The molecule has 0 radical (unpaired) electrons. The first-order valence-corrected chi connectivity index (χ1v) is 7.40. The van der Waals surface area contributed by atoms with Crippen LogP contribution >= 0.6 is 0 Å². The van der Waals surface area contributed by atoms with Crippen molar-refractivity contribution in [3.8, 4) is 11.6 Å². The summed E-state index contributed by atoms with van der Waals surface area (Å²) in [5.41, 5.74) is 0.880. The quantitative estimate of drug-likeness (QED) is 0.774. The monoisotopic (exact) mass is 328 g/mol. The summed E-state index contributed by atoms with van der Waals surface area (Å²) in [6.45, 7) is 0.374.